The lowest BCUT2D eigenvalue weighted by Gasteiger charge is -2.48. The van der Waals surface area contributed by atoms with Gasteiger partial charge in [-0.2, -0.15) is 0 Å². The van der Waals surface area contributed by atoms with E-state index in [9.17, 15) is 111 Å². The number of Topliss-reactive ketones (excluding diaryl/α,β-unsaturated/α-hetero) is 1. The van der Waals surface area contributed by atoms with Crippen LogP contribution < -0.4 is 5.32 Å². The minimum Gasteiger partial charge on any atom is -0.394 e. The van der Waals surface area contributed by atoms with Crippen LogP contribution in [0.1, 0.15) is 0 Å². The lowest BCUT2D eigenvalue weighted by molar-refractivity contribution is -0.391. The van der Waals surface area contributed by atoms with Gasteiger partial charge in [-0.1, -0.05) is 0 Å². The molecule has 0 aliphatic carbocycles. The molecule has 0 aromatic carbocycles. The zero-order valence-electron chi connectivity index (χ0n) is 42.9. The van der Waals surface area contributed by atoms with Gasteiger partial charge in [-0.25, -0.2) is 9.45 Å². The number of phosphoric ester groups is 1. The first-order valence-corrected chi connectivity index (χ1v) is 26.6. The molecule has 82 heavy (non-hydrogen) atoms. The van der Waals surface area contributed by atoms with Gasteiger partial charge < -0.3 is 163 Å². The topological polar surface area (TPSA) is 606 Å². The molecule has 21 N–H and O–H groups in total. The molecular formula is C42H72NO38P. The summed E-state index contributed by atoms with van der Waals surface area (Å²) in [7, 11) is -4.02. The number of hydrogen-bond acceptors (Lipinski definition) is 36. The number of aliphatic hydroxyl groups excluding tert-OH is 17. The number of carbonyl (C=O) groups is 2. The van der Waals surface area contributed by atoms with E-state index in [0.29, 0.717) is 0 Å². The predicted molar refractivity (Wildman–Crippen MR) is 245 cm³/mol. The van der Waals surface area contributed by atoms with Crippen LogP contribution >= 0.6 is 7.82 Å². The molecule has 39 nitrogen and oxygen atoms in total. The van der Waals surface area contributed by atoms with Crippen molar-refractivity contribution in [1.82, 2.24) is 5.32 Å². The molecule has 6 heterocycles. The zero-order valence-corrected chi connectivity index (χ0v) is 43.8. The number of rotatable bonds is 26. The molecule has 478 valence electrons. The average Bonchev–Trinajstić information content (AvgIpc) is 3.44. The van der Waals surface area contributed by atoms with Crippen molar-refractivity contribution < 1.29 is 187 Å². The third kappa shape index (κ3) is 16.8. The number of aliphatic hydroxyl groups is 17. The highest BCUT2D eigenvalue weighted by Crippen LogP contribution is 2.39. The summed E-state index contributed by atoms with van der Waals surface area (Å²) >= 11 is 0. The van der Waals surface area contributed by atoms with E-state index >= 15 is 0 Å². The van der Waals surface area contributed by atoms with Crippen molar-refractivity contribution in [2.45, 2.75) is 184 Å². The van der Waals surface area contributed by atoms with Gasteiger partial charge in [0.1, 0.15) is 166 Å². The monoisotopic (exact) mass is 1230 g/mol. The maximum absolute atomic E-state index is 12.8. The second-order valence-electron chi connectivity index (χ2n) is 19.6. The largest absolute Gasteiger partial charge is 0.469 e. The van der Waals surface area contributed by atoms with E-state index in [4.69, 9.17) is 66.8 Å². The highest BCUT2D eigenvalue weighted by Gasteiger charge is 2.56. The van der Waals surface area contributed by atoms with Crippen LogP contribution in [0.25, 0.3) is 0 Å². The van der Waals surface area contributed by atoms with Gasteiger partial charge >= 0.3 is 7.82 Å². The van der Waals surface area contributed by atoms with Gasteiger partial charge in [-0.15, -0.1) is 0 Å². The number of hydrogen-bond donors (Lipinski definition) is 21. The van der Waals surface area contributed by atoms with Crippen LogP contribution in [0.3, 0.4) is 0 Å². The molecule has 30 atom stereocenters. The second kappa shape index (κ2) is 30.7. The molecule has 1 amide bonds. The number of methoxy groups -OCH3 is 1. The van der Waals surface area contributed by atoms with E-state index in [2.05, 4.69) is 14.7 Å². The lowest BCUT2D eigenvalue weighted by Crippen LogP contribution is -2.67. The van der Waals surface area contributed by atoms with Crippen molar-refractivity contribution in [3.63, 3.8) is 0 Å². The van der Waals surface area contributed by atoms with Crippen LogP contribution in [0, 0.1) is 0 Å². The Balaban J connectivity index is 1.21. The molecule has 6 saturated heterocycles. The minimum atomic E-state index is -5.23. The first-order valence-electron chi connectivity index (χ1n) is 25.1. The van der Waals surface area contributed by atoms with Crippen molar-refractivity contribution in [3.8, 4) is 0 Å². The highest BCUT2D eigenvalue weighted by molar-refractivity contribution is 7.46. The molecule has 0 radical (unpaired) electrons. The van der Waals surface area contributed by atoms with E-state index in [1.54, 1.807) is 0 Å². The molecule has 0 aromatic rings. The lowest BCUT2D eigenvalue weighted by atomic mass is 9.96. The number of ketones is 1. The van der Waals surface area contributed by atoms with Crippen LogP contribution in [-0.2, 0) is 85.1 Å². The number of ether oxygens (including phenoxy) is 13. The molecule has 0 spiro atoms. The first-order chi connectivity index (χ1) is 38.7. The molecule has 0 saturated carbocycles. The summed E-state index contributed by atoms with van der Waals surface area (Å²) in [6.07, 6.45) is -60.8. The minimum absolute atomic E-state index is 0.388. The molecule has 6 aliphatic rings. The molecule has 6 aliphatic heterocycles. The Morgan fingerprint density at radius 1 is 0.427 bits per heavy atom. The molecule has 40 heteroatoms. The smallest absolute Gasteiger partial charge is 0.394 e. The van der Waals surface area contributed by atoms with E-state index in [-0.39, 0.29) is 6.61 Å². The van der Waals surface area contributed by atoms with Crippen molar-refractivity contribution in [1.29, 1.82) is 0 Å². The summed E-state index contributed by atoms with van der Waals surface area (Å²) in [6, 6.07) is 0. The third-order valence-corrected chi connectivity index (χ3v) is 14.3. The van der Waals surface area contributed by atoms with E-state index in [1.165, 1.54) is 7.11 Å². The van der Waals surface area contributed by atoms with Crippen molar-refractivity contribution in [2.24, 2.45) is 0 Å². The van der Waals surface area contributed by atoms with E-state index in [0.717, 1.165) is 0 Å². The van der Waals surface area contributed by atoms with Crippen LogP contribution in [0.15, 0.2) is 0 Å². The number of phosphoric acid groups is 1. The first kappa shape index (κ1) is 69.1. The summed E-state index contributed by atoms with van der Waals surface area (Å²) in [5.74, 6) is -1.56. The fraction of sp³-hybridized carbons (Fsp3) is 0.952. The van der Waals surface area contributed by atoms with Crippen LogP contribution in [-0.4, -0.2) is 364 Å². The Kier molecular flexibility index (Phi) is 25.9. The zero-order chi connectivity index (χ0) is 60.7. The fourth-order valence-corrected chi connectivity index (χ4v) is 9.56. The van der Waals surface area contributed by atoms with Crippen LogP contribution in [0.4, 0.5) is 0 Å². The van der Waals surface area contributed by atoms with Gasteiger partial charge in [0.2, 0.25) is 5.91 Å². The van der Waals surface area contributed by atoms with E-state index in [1.807, 2.05) is 0 Å². The van der Waals surface area contributed by atoms with Crippen molar-refractivity contribution >= 4 is 19.5 Å². The van der Waals surface area contributed by atoms with Crippen LogP contribution in [0.2, 0.25) is 0 Å². The maximum atomic E-state index is 12.8. The van der Waals surface area contributed by atoms with Crippen molar-refractivity contribution in [3.05, 3.63) is 0 Å². The Morgan fingerprint density at radius 3 is 1.30 bits per heavy atom. The van der Waals surface area contributed by atoms with Gasteiger partial charge in [-0.3, -0.25) is 19.4 Å². The Labute approximate surface area is 462 Å². The van der Waals surface area contributed by atoms with Gasteiger partial charge in [0.25, 0.3) is 0 Å². The van der Waals surface area contributed by atoms with Crippen LogP contribution in [0.5, 0.6) is 0 Å². The van der Waals surface area contributed by atoms with Gasteiger partial charge in [0.15, 0.2) is 43.5 Å². The summed E-state index contributed by atoms with van der Waals surface area (Å²) in [4.78, 5) is 47.1. The molecule has 0 aromatic heterocycles. The van der Waals surface area contributed by atoms with Gasteiger partial charge in [0, 0.05) is 7.11 Å². The van der Waals surface area contributed by atoms with Gasteiger partial charge in [-0.05, 0) is 0 Å². The SMILES string of the molecule is COCC(=O)CNC(=O)CO[C@@H]1OC(CO[C@H]2OC(CO[C@H]3OC(CO)[C@@H](O)[C@H](O)C3O[C@H]3OC(COO)[C@@H](O)[C@H](O)C3O)[C@@H](O)[C@H](O)C2O)[C@@H](O)[C@H](O[C@H]2OC(CO)[C@@H](O)[C@H](O)C2O[C@H]2OC(COP(=O)(O)O)[C@@H](O)[C@H](O)C2O)C1O. The summed E-state index contributed by atoms with van der Waals surface area (Å²) < 4.78 is 88.0. The molecule has 6 rings (SSSR count). The number of carbonyl (C=O) groups excluding carboxylic acids is 2. The summed E-state index contributed by atoms with van der Waals surface area (Å²) in [5, 5.41) is 195. The number of nitrogens with one attached hydrogen (secondary N) is 1. The summed E-state index contributed by atoms with van der Waals surface area (Å²) in [5.41, 5.74) is 0. The maximum Gasteiger partial charge on any atom is 0.469 e. The second-order valence-corrected chi connectivity index (χ2v) is 20.8. The quantitative estimate of drug-likeness (QED) is 0.0217. The Bertz CT molecular complexity index is 2020. The molecule has 12 unspecified atom stereocenters. The summed E-state index contributed by atoms with van der Waals surface area (Å²) in [6.45, 7) is -7.76. The highest BCUT2D eigenvalue weighted by atomic mass is 31.2. The average molecular weight is 1230 g/mol. The molecule has 0 bridgehead atoms. The van der Waals surface area contributed by atoms with Gasteiger partial charge in [0.05, 0.1) is 39.6 Å². The van der Waals surface area contributed by atoms with E-state index < -0.39 is 257 Å². The Morgan fingerprint density at radius 2 is 0.817 bits per heavy atom. The Hall–Kier alpha value is -2.03. The predicted octanol–water partition coefficient (Wildman–Crippen LogP) is -14.1. The molecule has 6 fully saturated rings. The van der Waals surface area contributed by atoms with Crippen molar-refractivity contribution in [2.75, 3.05) is 66.5 Å². The number of amides is 1. The molecular weight excluding hydrogens is 1160 g/mol. The normalized spacial score (nSPS) is 45.9. The third-order valence-electron chi connectivity index (χ3n) is 13.8. The fourth-order valence-electron chi connectivity index (χ4n) is 9.22. The standard InChI is InChI=1S/C42H72NO38P/c1-67-5-11(46)2-43-18(47)10-70-38-33(62)34(79-42-36(29(58)20(49)13(4-45)74-42)81-40-32(61)27(56)23(52)17(78-40)9-72-82(64,65)66)24(53)15(76-38)7-68-37-30(59)25(54)21(50)14(75-37)6-69-41-35(28(57)19(48)12(3-44)73-41)80-39-31(60)26(55)22(51)16(77-39)8-71-63/h12-17,19-42,44-45,48-63H,2-10H2,1H3,(H,43,47)(H2,64,65,66)/t12?,13?,14?,15?,16?,17?,19-,20-,21-,22-,23-,24-,25+,26+,27+,28+,29+,30?,31?,32?,33?,34+,35?,36?,37+,38-,39-,40-,41+,42-/m1/s1.